The van der Waals surface area contributed by atoms with Crippen molar-refractivity contribution in [2.75, 3.05) is 16.8 Å². The Kier molecular flexibility index (Phi) is 3.97. The minimum atomic E-state index is 0.175. The van der Waals surface area contributed by atoms with Crippen LogP contribution in [0.15, 0.2) is 42.9 Å². The van der Waals surface area contributed by atoms with Gasteiger partial charge in [-0.05, 0) is 38.0 Å². The molecular formula is C18H19N7. The minimum absolute atomic E-state index is 0.175. The van der Waals surface area contributed by atoms with Gasteiger partial charge in [-0.3, -0.25) is 0 Å². The number of aromatic nitrogens is 5. The second kappa shape index (κ2) is 6.43. The van der Waals surface area contributed by atoms with E-state index in [4.69, 9.17) is 0 Å². The molecule has 3 aromatic heterocycles. The number of nitrogens with zero attached hydrogens (tertiary/aromatic N) is 6. The molecule has 1 saturated heterocycles. The largest absolute Gasteiger partial charge is 0.332 e. The van der Waals surface area contributed by atoms with Crippen LogP contribution < -0.4 is 10.2 Å². The van der Waals surface area contributed by atoms with Crippen LogP contribution in [0.5, 0.6) is 0 Å². The summed E-state index contributed by atoms with van der Waals surface area (Å²) in [5.74, 6) is 3.04. The van der Waals surface area contributed by atoms with E-state index in [9.17, 15) is 0 Å². The fourth-order valence-electron chi connectivity index (χ4n) is 2.94. The average Bonchev–Trinajstić information content (AvgIpc) is 2.56. The van der Waals surface area contributed by atoms with E-state index in [-0.39, 0.29) is 6.04 Å². The van der Waals surface area contributed by atoms with Crippen LogP contribution in [-0.4, -0.2) is 31.5 Å². The van der Waals surface area contributed by atoms with Crippen LogP contribution >= 0.6 is 0 Å². The Balaban J connectivity index is 1.61. The number of rotatable bonds is 4. The Hall–Kier alpha value is -3.09. The fourth-order valence-corrected chi connectivity index (χ4v) is 2.94. The van der Waals surface area contributed by atoms with Crippen molar-refractivity contribution < 1.29 is 0 Å². The van der Waals surface area contributed by atoms with Gasteiger partial charge in [-0.2, -0.15) is 0 Å². The van der Waals surface area contributed by atoms with E-state index in [1.54, 1.807) is 18.6 Å². The first-order valence-electron chi connectivity index (χ1n) is 8.28. The summed E-state index contributed by atoms with van der Waals surface area (Å²) in [6.07, 6.45) is 6.32. The van der Waals surface area contributed by atoms with Crippen LogP contribution in [0.2, 0.25) is 0 Å². The maximum atomic E-state index is 4.63. The second-order valence-corrected chi connectivity index (χ2v) is 6.07. The zero-order valence-corrected chi connectivity index (χ0v) is 14.2. The molecule has 0 aliphatic carbocycles. The van der Waals surface area contributed by atoms with Gasteiger partial charge in [-0.1, -0.05) is 6.07 Å². The van der Waals surface area contributed by atoms with E-state index < -0.39 is 0 Å². The van der Waals surface area contributed by atoms with Crippen molar-refractivity contribution in [1.82, 2.24) is 24.9 Å². The molecule has 0 saturated carbocycles. The first kappa shape index (κ1) is 15.4. The molecule has 0 bridgehead atoms. The number of nitrogens with one attached hydrogen (secondary N) is 1. The van der Waals surface area contributed by atoms with Crippen molar-refractivity contribution >= 4 is 17.6 Å². The average molecular weight is 333 g/mol. The third-order valence-electron chi connectivity index (χ3n) is 4.28. The van der Waals surface area contributed by atoms with Crippen LogP contribution in [0.25, 0.3) is 0 Å². The molecule has 1 N–H and O–H groups in total. The minimum Gasteiger partial charge on any atom is -0.332 e. The molecule has 0 aromatic carbocycles. The molecule has 0 spiro atoms. The van der Waals surface area contributed by atoms with Gasteiger partial charge in [-0.25, -0.2) is 24.9 Å². The summed E-state index contributed by atoms with van der Waals surface area (Å²) in [4.78, 5) is 24.4. The Labute approximate surface area is 146 Å². The van der Waals surface area contributed by atoms with E-state index in [2.05, 4.69) is 35.1 Å². The van der Waals surface area contributed by atoms with Crippen molar-refractivity contribution in [3.05, 3.63) is 59.9 Å². The maximum absolute atomic E-state index is 4.63. The summed E-state index contributed by atoms with van der Waals surface area (Å²) >= 11 is 0. The number of aryl methyl sites for hydroxylation is 2. The molecule has 126 valence electrons. The molecule has 7 heteroatoms. The molecule has 3 aromatic rings. The fraction of sp³-hybridized carbons (Fsp3) is 0.278. The summed E-state index contributed by atoms with van der Waals surface area (Å²) in [7, 11) is 0. The number of hydrogen-bond donors (Lipinski definition) is 1. The summed E-state index contributed by atoms with van der Waals surface area (Å²) in [5, 5.41) is 3.30. The van der Waals surface area contributed by atoms with Crippen molar-refractivity contribution in [3.8, 4) is 0 Å². The summed E-state index contributed by atoms with van der Waals surface area (Å²) in [6, 6.07) is 7.92. The zero-order valence-electron chi connectivity index (χ0n) is 14.2. The molecule has 0 unspecified atom stereocenters. The Morgan fingerprint density at radius 2 is 1.84 bits per heavy atom. The van der Waals surface area contributed by atoms with Crippen molar-refractivity contribution in [2.24, 2.45) is 0 Å². The van der Waals surface area contributed by atoms with Gasteiger partial charge in [0.1, 0.15) is 17.5 Å². The SMILES string of the molecule is Cc1nc(Nc2ncccc2C)cc([C@@H]2CCN2c2ncccn2)n1. The lowest BCUT2D eigenvalue weighted by molar-refractivity contribution is 0.444. The van der Waals surface area contributed by atoms with Crippen LogP contribution in [0.3, 0.4) is 0 Å². The molecule has 0 radical (unpaired) electrons. The molecule has 0 amide bonds. The standard InChI is InChI=1S/C18H19N7/c1-12-5-3-7-19-17(12)24-16-11-14(22-13(2)23-16)15-6-10-25(15)18-20-8-4-9-21-18/h3-5,7-9,11,15H,6,10H2,1-2H3,(H,19,22,23,24)/t15-/m0/s1. The Morgan fingerprint density at radius 1 is 1.04 bits per heavy atom. The highest BCUT2D eigenvalue weighted by molar-refractivity contribution is 5.56. The summed E-state index contributed by atoms with van der Waals surface area (Å²) in [6.45, 7) is 4.85. The lowest BCUT2D eigenvalue weighted by Crippen LogP contribution is -2.42. The van der Waals surface area contributed by atoms with Gasteiger partial charge in [-0.15, -0.1) is 0 Å². The van der Waals surface area contributed by atoms with E-state index in [1.807, 2.05) is 38.1 Å². The number of pyridine rings is 1. The van der Waals surface area contributed by atoms with E-state index in [1.165, 1.54) is 0 Å². The predicted octanol–water partition coefficient (Wildman–Crippen LogP) is 2.97. The number of anilines is 3. The smallest absolute Gasteiger partial charge is 0.225 e. The van der Waals surface area contributed by atoms with Gasteiger partial charge in [0.05, 0.1) is 11.7 Å². The first-order valence-corrected chi connectivity index (χ1v) is 8.28. The summed E-state index contributed by atoms with van der Waals surface area (Å²) < 4.78 is 0. The highest BCUT2D eigenvalue weighted by Crippen LogP contribution is 2.35. The molecule has 4 heterocycles. The maximum Gasteiger partial charge on any atom is 0.225 e. The van der Waals surface area contributed by atoms with E-state index in [0.29, 0.717) is 0 Å². The van der Waals surface area contributed by atoms with Crippen LogP contribution in [0, 0.1) is 13.8 Å². The topological polar surface area (TPSA) is 79.7 Å². The predicted molar refractivity (Wildman–Crippen MR) is 95.8 cm³/mol. The Morgan fingerprint density at radius 3 is 2.56 bits per heavy atom. The van der Waals surface area contributed by atoms with E-state index >= 15 is 0 Å². The van der Waals surface area contributed by atoms with Crippen molar-refractivity contribution in [3.63, 3.8) is 0 Å². The molecule has 25 heavy (non-hydrogen) atoms. The third-order valence-corrected chi connectivity index (χ3v) is 4.28. The second-order valence-electron chi connectivity index (χ2n) is 6.07. The first-order chi connectivity index (χ1) is 12.2. The molecular weight excluding hydrogens is 314 g/mol. The van der Waals surface area contributed by atoms with Gasteiger partial charge in [0, 0.05) is 31.2 Å². The van der Waals surface area contributed by atoms with Gasteiger partial charge in [0.15, 0.2) is 0 Å². The van der Waals surface area contributed by atoms with Gasteiger partial charge in [0.25, 0.3) is 0 Å². The molecule has 1 aliphatic heterocycles. The molecule has 1 aliphatic rings. The highest BCUT2D eigenvalue weighted by Gasteiger charge is 2.32. The lowest BCUT2D eigenvalue weighted by atomic mass is 10.00. The molecule has 1 fully saturated rings. The molecule has 4 rings (SSSR count). The van der Waals surface area contributed by atoms with Crippen LogP contribution in [-0.2, 0) is 0 Å². The lowest BCUT2D eigenvalue weighted by Gasteiger charge is -2.40. The van der Waals surface area contributed by atoms with Crippen LogP contribution in [0.4, 0.5) is 17.6 Å². The van der Waals surface area contributed by atoms with Crippen LogP contribution in [0.1, 0.15) is 29.5 Å². The molecule has 1 atom stereocenters. The number of hydrogen-bond acceptors (Lipinski definition) is 7. The third kappa shape index (κ3) is 3.13. The molecule has 7 nitrogen and oxygen atoms in total. The zero-order chi connectivity index (χ0) is 17.2. The van der Waals surface area contributed by atoms with E-state index in [0.717, 1.165) is 47.6 Å². The quantitative estimate of drug-likeness (QED) is 0.786. The van der Waals surface area contributed by atoms with Gasteiger partial charge in [0.2, 0.25) is 5.95 Å². The van der Waals surface area contributed by atoms with Gasteiger partial charge < -0.3 is 10.2 Å². The normalized spacial score (nSPS) is 16.4. The monoisotopic (exact) mass is 333 g/mol. The Bertz CT molecular complexity index is 882. The highest BCUT2D eigenvalue weighted by atomic mass is 15.3. The van der Waals surface area contributed by atoms with Crippen molar-refractivity contribution in [2.45, 2.75) is 26.3 Å². The van der Waals surface area contributed by atoms with Gasteiger partial charge >= 0.3 is 0 Å². The van der Waals surface area contributed by atoms with Crippen molar-refractivity contribution in [1.29, 1.82) is 0 Å². The summed E-state index contributed by atoms with van der Waals surface area (Å²) in [5.41, 5.74) is 2.05.